The van der Waals surface area contributed by atoms with E-state index >= 15 is 0 Å². The molecular weight excluding hydrogens is 156 g/mol. The molecule has 1 aliphatic rings. The maximum absolute atomic E-state index is 2.36. The van der Waals surface area contributed by atoms with Crippen LogP contribution in [0.3, 0.4) is 0 Å². The van der Waals surface area contributed by atoms with E-state index in [-0.39, 0.29) is 0 Å². The largest absolute Gasteiger partial charge is 0.0622 e. The zero-order chi connectivity index (χ0) is 9.47. The van der Waals surface area contributed by atoms with Crippen molar-refractivity contribution < 1.29 is 0 Å². The van der Waals surface area contributed by atoms with E-state index in [1.807, 2.05) is 0 Å². The van der Waals surface area contributed by atoms with Gasteiger partial charge < -0.3 is 0 Å². The smallest absolute Gasteiger partial charge is 0.00982 e. The van der Waals surface area contributed by atoms with Crippen molar-refractivity contribution in [3.05, 3.63) is 35.4 Å². The highest BCUT2D eigenvalue weighted by atomic mass is 14.3. The molecule has 1 aliphatic carbocycles. The van der Waals surface area contributed by atoms with Crippen LogP contribution in [-0.2, 0) is 11.8 Å². The first kappa shape index (κ1) is 8.80. The van der Waals surface area contributed by atoms with Gasteiger partial charge in [0.25, 0.3) is 0 Å². The molecule has 0 bridgehead atoms. The Balaban J connectivity index is 2.50. The summed E-state index contributed by atoms with van der Waals surface area (Å²) in [5, 5.41) is 0. The van der Waals surface area contributed by atoms with Crippen LogP contribution in [0.15, 0.2) is 24.3 Å². The molecule has 0 amide bonds. The first-order valence-corrected chi connectivity index (χ1v) is 5.18. The molecule has 13 heavy (non-hydrogen) atoms. The third-order valence-corrected chi connectivity index (χ3v) is 3.17. The summed E-state index contributed by atoms with van der Waals surface area (Å²) in [6.07, 6.45) is 2.59. The van der Waals surface area contributed by atoms with Crippen molar-refractivity contribution in [1.29, 1.82) is 0 Å². The van der Waals surface area contributed by atoms with E-state index in [0.29, 0.717) is 5.41 Å². The Morgan fingerprint density at radius 1 is 1.23 bits per heavy atom. The number of rotatable bonds is 0. The van der Waals surface area contributed by atoms with Gasteiger partial charge in [0, 0.05) is 0 Å². The van der Waals surface area contributed by atoms with Crippen molar-refractivity contribution in [3.63, 3.8) is 0 Å². The molecule has 0 heteroatoms. The lowest BCUT2D eigenvalue weighted by atomic mass is 9.69. The van der Waals surface area contributed by atoms with E-state index in [1.54, 1.807) is 11.1 Å². The van der Waals surface area contributed by atoms with Gasteiger partial charge in [-0.3, -0.25) is 0 Å². The van der Waals surface area contributed by atoms with Crippen LogP contribution < -0.4 is 0 Å². The predicted octanol–water partition coefficient (Wildman–Crippen LogP) is 3.55. The molecule has 0 spiro atoms. The maximum atomic E-state index is 2.36. The molecule has 0 N–H and O–H groups in total. The summed E-state index contributed by atoms with van der Waals surface area (Å²) in [7, 11) is 0. The second kappa shape index (κ2) is 2.87. The average Bonchev–Trinajstić information content (AvgIpc) is 2.02. The lowest BCUT2D eigenvalue weighted by Crippen LogP contribution is -2.28. The van der Waals surface area contributed by atoms with Crippen LogP contribution >= 0.6 is 0 Å². The summed E-state index contributed by atoms with van der Waals surface area (Å²) < 4.78 is 0. The third-order valence-electron chi connectivity index (χ3n) is 3.17. The summed E-state index contributed by atoms with van der Waals surface area (Å²) in [4.78, 5) is 0. The Labute approximate surface area is 81.0 Å². The highest BCUT2D eigenvalue weighted by molar-refractivity contribution is 5.35. The quantitative estimate of drug-likeness (QED) is 0.564. The molecule has 2 rings (SSSR count). The van der Waals surface area contributed by atoms with Crippen LogP contribution in [0.25, 0.3) is 0 Å². The van der Waals surface area contributed by atoms with Gasteiger partial charge in [-0.15, -0.1) is 0 Å². The SMILES string of the molecule is CC1Cc2ccccc2C(C)(C)C1. The van der Waals surface area contributed by atoms with Crippen LogP contribution in [-0.4, -0.2) is 0 Å². The lowest BCUT2D eigenvalue weighted by Gasteiger charge is -2.36. The molecule has 1 aromatic carbocycles. The van der Waals surface area contributed by atoms with Gasteiger partial charge in [0.05, 0.1) is 0 Å². The molecule has 70 valence electrons. The third kappa shape index (κ3) is 1.50. The fourth-order valence-corrected chi connectivity index (χ4v) is 2.79. The van der Waals surface area contributed by atoms with Gasteiger partial charge in [-0.25, -0.2) is 0 Å². The minimum absolute atomic E-state index is 0.383. The molecule has 0 saturated carbocycles. The second-order valence-corrected chi connectivity index (χ2v) is 5.05. The van der Waals surface area contributed by atoms with Crippen LogP contribution in [0.4, 0.5) is 0 Å². The summed E-state index contributed by atoms with van der Waals surface area (Å²) in [5.41, 5.74) is 3.51. The summed E-state index contributed by atoms with van der Waals surface area (Å²) >= 11 is 0. The molecule has 0 fully saturated rings. The summed E-state index contributed by atoms with van der Waals surface area (Å²) in [6.45, 7) is 7.08. The summed E-state index contributed by atoms with van der Waals surface area (Å²) in [5.74, 6) is 0.838. The van der Waals surface area contributed by atoms with Gasteiger partial charge in [-0.2, -0.15) is 0 Å². The topological polar surface area (TPSA) is 0 Å². The van der Waals surface area contributed by atoms with Crippen molar-refractivity contribution in [2.24, 2.45) is 5.92 Å². The van der Waals surface area contributed by atoms with E-state index in [4.69, 9.17) is 0 Å². The Bertz CT molecular complexity index is 310. The van der Waals surface area contributed by atoms with E-state index < -0.39 is 0 Å². The minimum Gasteiger partial charge on any atom is -0.0622 e. The van der Waals surface area contributed by atoms with Gasteiger partial charge in [-0.1, -0.05) is 45.0 Å². The molecule has 0 saturated heterocycles. The highest BCUT2D eigenvalue weighted by Gasteiger charge is 2.30. The Kier molecular flexibility index (Phi) is 1.94. The van der Waals surface area contributed by atoms with Gasteiger partial charge in [0.1, 0.15) is 0 Å². The van der Waals surface area contributed by atoms with E-state index in [9.17, 15) is 0 Å². The van der Waals surface area contributed by atoms with Crippen molar-refractivity contribution >= 4 is 0 Å². The molecule has 1 atom stereocenters. The number of hydrogen-bond acceptors (Lipinski definition) is 0. The number of benzene rings is 1. The maximum Gasteiger partial charge on any atom is -0.00982 e. The van der Waals surface area contributed by atoms with Gasteiger partial charge in [0.15, 0.2) is 0 Å². The molecule has 0 nitrogen and oxygen atoms in total. The van der Waals surface area contributed by atoms with Crippen molar-refractivity contribution in [2.75, 3.05) is 0 Å². The van der Waals surface area contributed by atoms with Gasteiger partial charge in [0.2, 0.25) is 0 Å². The Hall–Kier alpha value is -0.780. The number of fused-ring (bicyclic) bond motifs is 1. The van der Waals surface area contributed by atoms with Crippen LogP contribution in [0, 0.1) is 5.92 Å². The Morgan fingerprint density at radius 2 is 1.92 bits per heavy atom. The van der Waals surface area contributed by atoms with Crippen molar-refractivity contribution in [2.45, 2.75) is 39.0 Å². The lowest BCUT2D eigenvalue weighted by molar-refractivity contribution is 0.348. The number of hydrogen-bond donors (Lipinski definition) is 0. The summed E-state index contributed by atoms with van der Waals surface area (Å²) in [6, 6.07) is 8.90. The molecule has 0 radical (unpaired) electrons. The fourth-order valence-electron chi connectivity index (χ4n) is 2.79. The van der Waals surface area contributed by atoms with Gasteiger partial charge >= 0.3 is 0 Å². The molecule has 0 aromatic heterocycles. The Morgan fingerprint density at radius 3 is 2.69 bits per heavy atom. The normalized spacial score (nSPS) is 25.3. The molecular formula is C13H18. The van der Waals surface area contributed by atoms with Gasteiger partial charge in [-0.05, 0) is 35.3 Å². The second-order valence-electron chi connectivity index (χ2n) is 5.05. The van der Waals surface area contributed by atoms with Crippen molar-refractivity contribution in [3.8, 4) is 0 Å². The van der Waals surface area contributed by atoms with Crippen molar-refractivity contribution in [1.82, 2.24) is 0 Å². The van der Waals surface area contributed by atoms with Crippen LogP contribution in [0.5, 0.6) is 0 Å². The van der Waals surface area contributed by atoms with E-state index in [0.717, 1.165) is 5.92 Å². The van der Waals surface area contributed by atoms with Crippen LogP contribution in [0.2, 0.25) is 0 Å². The standard InChI is InChI=1S/C13H18/c1-10-8-11-6-4-5-7-12(11)13(2,3)9-10/h4-7,10H,8-9H2,1-3H3. The zero-order valence-electron chi connectivity index (χ0n) is 8.80. The molecule has 0 heterocycles. The average molecular weight is 174 g/mol. The van der Waals surface area contributed by atoms with E-state index in [1.165, 1.54) is 12.8 Å². The highest BCUT2D eigenvalue weighted by Crippen LogP contribution is 2.38. The molecule has 1 aromatic rings. The van der Waals surface area contributed by atoms with E-state index in [2.05, 4.69) is 45.0 Å². The first-order valence-electron chi connectivity index (χ1n) is 5.18. The fraction of sp³-hybridized carbons (Fsp3) is 0.538. The molecule has 0 aliphatic heterocycles. The monoisotopic (exact) mass is 174 g/mol. The molecule has 1 unspecified atom stereocenters. The first-order chi connectivity index (χ1) is 6.09. The predicted molar refractivity (Wildman–Crippen MR) is 57.0 cm³/mol. The minimum atomic E-state index is 0.383. The van der Waals surface area contributed by atoms with Crippen LogP contribution in [0.1, 0.15) is 38.3 Å². The zero-order valence-corrected chi connectivity index (χ0v) is 8.80.